The van der Waals surface area contributed by atoms with Gasteiger partial charge in [0.1, 0.15) is 18.2 Å². The van der Waals surface area contributed by atoms with Crippen LogP contribution in [0.1, 0.15) is 24.4 Å². The highest BCUT2D eigenvalue weighted by molar-refractivity contribution is 5.30. The van der Waals surface area contributed by atoms with Crippen LogP contribution in [0.25, 0.3) is 0 Å². The third-order valence-corrected chi connectivity index (χ3v) is 2.20. The van der Waals surface area contributed by atoms with Crippen LogP contribution in [0.4, 0.5) is 0 Å². The Morgan fingerprint density at radius 2 is 2.12 bits per heavy atom. The molecule has 84 valence electrons. The van der Waals surface area contributed by atoms with Gasteiger partial charge in [-0.1, -0.05) is 12.1 Å². The molecule has 1 heterocycles. The number of hydrogen-bond acceptors (Lipinski definition) is 4. The molecule has 16 heavy (non-hydrogen) atoms. The first kappa shape index (κ1) is 10.6. The van der Waals surface area contributed by atoms with Crippen molar-refractivity contribution in [3.05, 3.63) is 42.0 Å². The first-order valence-electron chi connectivity index (χ1n) is 5.07. The fraction of sp³-hybridized carbons (Fsp3) is 0.273. The van der Waals surface area contributed by atoms with E-state index in [0.717, 1.165) is 11.3 Å². The second-order valence-corrected chi connectivity index (χ2v) is 3.28. The van der Waals surface area contributed by atoms with Crippen LogP contribution < -0.4 is 4.74 Å². The van der Waals surface area contributed by atoms with Crippen LogP contribution in [0.2, 0.25) is 0 Å². The van der Waals surface area contributed by atoms with Gasteiger partial charge in [0.2, 0.25) is 0 Å². The number of aliphatic hydroxyl groups excluding tert-OH is 1. The Balaban J connectivity index is 2.15. The van der Waals surface area contributed by atoms with Gasteiger partial charge in [-0.05, 0) is 24.6 Å². The van der Waals surface area contributed by atoms with E-state index in [0.29, 0.717) is 12.4 Å². The normalized spacial score (nSPS) is 12.4. The molecular formula is C11H13N3O2. The van der Waals surface area contributed by atoms with E-state index in [-0.39, 0.29) is 0 Å². The van der Waals surface area contributed by atoms with Crippen molar-refractivity contribution in [2.75, 3.05) is 6.61 Å². The van der Waals surface area contributed by atoms with Crippen molar-refractivity contribution in [3.63, 3.8) is 0 Å². The van der Waals surface area contributed by atoms with E-state index in [4.69, 9.17) is 4.74 Å². The number of hydrogen-bond donors (Lipinski definition) is 2. The molecule has 0 amide bonds. The number of nitrogens with one attached hydrogen (secondary N) is 1. The Bertz CT molecular complexity index is 425. The zero-order valence-electron chi connectivity index (χ0n) is 8.92. The van der Waals surface area contributed by atoms with Crippen molar-refractivity contribution in [1.82, 2.24) is 15.2 Å². The molecule has 0 aliphatic rings. The summed E-state index contributed by atoms with van der Waals surface area (Å²) in [5.74, 6) is 1.22. The number of aromatic amines is 1. The number of benzene rings is 1. The molecule has 5 nitrogen and oxygen atoms in total. The minimum absolute atomic E-state index is 0.434. The minimum atomic E-state index is -0.779. The highest BCUT2D eigenvalue weighted by Crippen LogP contribution is 2.21. The SMILES string of the molecule is CCOc1ccc(C(O)c2ncn[nH]2)cc1. The summed E-state index contributed by atoms with van der Waals surface area (Å²) in [6, 6.07) is 7.24. The lowest BCUT2D eigenvalue weighted by molar-refractivity contribution is 0.210. The molecule has 1 unspecified atom stereocenters. The molecule has 0 spiro atoms. The second kappa shape index (κ2) is 4.76. The van der Waals surface area contributed by atoms with Crippen LogP contribution in [-0.2, 0) is 0 Å². The molecule has 1 aromatic heterocycles. The summed E-state index contributed by atoms with van der Waals surface area (Å²) in [6.07, 6.45) is 0.589. The summed E-state index contributed by atoms with van der Waals surface area (Å²) in [4.78, 5) is 3.90. The van der Waals surface area contributed by atoms with Gasteiger partial charge in [-0.25, -0.2) is 4.98 Å². The van der Waals surface area contributed by atoms with Crippen LogP contribution in [-0.4, -0.2) is 26.9 Å². The molecule has 0 aliphatic carbocycles. The van der Waals surface area contributed by atoms with E-state index in [1.165, 1.54) is 6.33 Å². The molecule has 0 saturated heterocycles. The predicted molar refractivity (Wildman–Crippen MR) is 58.1 cm³/mol. The summed E-state index contributed by atoms with van der Waals surface area (Å²) >= 11 is 0. The van der Waals surface area contributed by atoms with Crippen molar-refractivity contribution in [2.45, 2.75) is 13.0 Å². The quantitative estimate of drug-likeness (QED) is 0.812. The van der Waals surface area contributed by atoms with Crippen molar-refractivity contribution in [3.8, 4) is 5.75 Å². The third-order valence-electron chi connectivity index (χ3n) is 2.20. The number of ether oxygens (including phenoxy) is 1. The molecule has 0 saturated carbocycles. The van der Waals surface area contributed by atoms with Crippen molar-refractivity contribution < 1.29 is 9.84 Å². The van der Waals surface area contributed by atoms with E-state index < -0.39 is 6.10 Å². The summed E-state index contributed by atoms with van der Waals surface area (Å²) in [5.41, 5.74) is 0.750. The molecule has 0 radical (unpaired) electrons. The fourth-order valence-electron chi connectivity index (χ4n) is 1.42. The zero-order valence-corrected chi connectivity index (χ0v) is 8.92. The molecule has 5 heteroatoms. The summed E-state index contributed by atoms with van der Waals surface area (Å²) in [5, 5.41) is 16.3. The average molecular weight is 219 g/mol. The predicted octanol–water partition coefficient (Wildman–Crippen LogP) is 1.29. The van der Waals surface area contributed by atoms with Crippen molar-refractivity contribution in [2.24, 2.45) is 0 Å². The maximum atomic E-state index is 9.93. The standard InChI is InChI=1S/C11H13N3O2/c1-2-16-9-5-3-8(4-6-9)10(15)11-12-7-13-14-11/h3-7,10,15H,2H2,1H3,(H,12,13,14). The van der Waals surface area contributed by atoms with Crippen LogP contribution in [0, 0.1) is 0 Å². The first-order chi connectivity index (χ1) is 7.81. The molecule has 2 rings (SSSR count). The average Bonchev–Trinajstić information content (AvgIpc) is 2.83. The molecule has 0 fully saturated rings. The molecule has 1 aromatic carbocycles. The van der Waals surface area contributed by atoms with Gasteiger partial charge in [0.25, 0.3) is 0 Å². The summed E-state index contributed by atoms with van der Waals surface area (Å²) in [6.45, 7) is 2.56. The van der Waals surface area contributed by atoms with E-state index in [1.54, 1.807) is 12.1 Å². The lowest BCUT2D eigenvalue weighted by Crippen LogP contribution is -2.02. The third kappa shape index (κ3) is 2.20. The molecule has 0 bridgehead atoms. The lowest BCUT2D eigenvalue weighted by atomic mass is 10.1. The Morgan fingerprint density at radius 3 is 2.69 bits per heavy atom. The van der Waals surface area contributed by atoms with Crippen LogP contribution in [0.15, 0.2) is 30.6 Å². The Kier molecular flexibility index (Phi) is 3.16. The van der Waals surface area contributed by atoms with Gasteiger partial charge in [-0.2, -0.15) is 5.10 Å². The van der Waals surface area contributed by atoms with Gasteiger partial charge in [0.15, 0.2) is 5.82 Å². The van der Waals surface area contributed by atoms with Gasteiger partial charge in [-0.3, -0.25) is 5.10 Å². The molecular weight excluding hydrogens is 206 g/mol. The van der Waals surface area contributed by atoms with Crippen LogP contribution in [0.3, 0.4) is 0 Å². The Morgan fingerprint density at radius 1 is 1.38 bits per heavy atom. The van der Waals surface area contributed by atoms with E-state index in [9.17, 15) is 5.11 Å². The van der Waals surface area contributed by atoms with Gasteiger partial charge < -0.3 is 9.84 Å². The number of aromatic nitrogens is 3. The minimum Gasteiger partial charge on any atom is -0.494 e. The summed E-state index contributed by atoms with van der Waals surface area (Å²) in [7, 11) is 0. The Hall–Kier alpha value is -1.88. The van der Waals surface area contributed by atoms with E-state index in [1.807, 2.05) is 19.1 Å². The van der Waals surface area contributed by atoms with Crippen LogP contribution in [0.5, 0.6) is 5.75 Å². The lowest BCUT2D eigenvalue weighted by Gasteiger charge is -2.08. The molecule has 2 N–H and O–H groups in total. The van der Waals surface area contributed by atoms with Gasteiger partial charge in [0.05, 0.1) is 6.61 Å². The number of rotatable bonds is 4. The maximum Gasteiger partial charge on any atom is 0.157 e. The summed E-state index contributed by atoms with van der Waals surface area (Å²) < 4.78 is 5.31. The van der Waals surface area contributed by atoms with Crippen molar-refractivity contribution >= 4 is 0 Å². The van der Waals surface area contributed by atoms with Gasteiger partial charge in [-0.15, -0.1) is 0 Å². The topological polar surface area (TPSA) is 71.0 Å². The van der Waals surface area contributed by atoms with E-state index >= 15 is 0 Å². The maximum absolute atomic E-state index is 9.93. The number of H-pyrrole nitrogens is 1. The fourth-order valence-corrected chi connectivity index (χ4v) is 1.42. The van der Waals surface area contributed by atoms with Gasteiger partial charge in [0, 0.05) is 0 Å². The first-order valence-corrected chi connectivity index (χ1v) is 5.07. The smallest absolute Gasteiger partial charge is 0.157 e. The Labute approximate surface area is 93.1 Å². The molecule has 2 aromatic rings. The zero-order chi connectivity index (χ0) is 11.4. The number of aliphatic hydroxyl groups is 1. The highest BCUT2D eigenvalue weighted by atomic mass is 16.5. The monoisotopic (exact) mass is 219 g/mol. The van der Waals surface area contributed by atoms with Crippen molar-refractivity contribution in [1.29, 1.82) is 0 Å². The largest absolute Gasteiger partial charge is 0.494 e. The van der Waals surface area contributed by atoms with E-state index in [2.05, 4.69) is 15.2 Å². The molecule has 0 aliphatic heterocycles. The highest BCUT2D eigenvalue weighted by Gasteiger charge is 2.12. The van der Waals surface area contributed by atoms with Crippen LogP contribution >= 0.6 is 0 Å². The second-order valence-electron chi connectivity index (χ2n) is 3.28. The van der Waals surface area contributed by atoms with Gasteiger partial charge >= 0.3 is 0 Å². The molecule has 1 atom stereocenters. The number of nitrogens with zero attached hydrogens (tertiary/aromatic N) is 2.